The summed E-state index contributed by atoms with van der Waals surface area (Å²) in [5.74, 6) is -2.05. The van der Waals surface area contributed by atoms with Gasteiger partial charge in [0.1, 0.15) is 12.6 Å². The molecule has 0 spiro atoms. The van der Waals surface area contributed by atoms with Crippen LogP contribution in [0.2, 0.25) is 0 Å². The molecule has 11 nitrogen and oxygen atoms in total. The number of carboxylic acid groups (broad SMARTS) is 1. The first-order valence-electron chi connectivity index (χ1n) is 8.26. The second-order valence-corrected chi connectivity index (χ2v) is 5.83. The van der Waals surface area contributed by atoms with Gasteiger partial charge in [-0.3, -0.25) is 4.79 Å². The van der Waals surface area contributed by atoms with Crippen LogP contribution in [0.3, 0.4) is 0 Å². The van der Waals surface area contributed by atoms with Crippen molar-refractivity contribution in [2.75, 3.05) is 6.54 Å². The summed E-state index contributed by atoms with van der Waals surface area (Å²) in [5.41, 5.74) is 5.96. The number of ether oxygens (including phenoxy) is 1. The van der Waals surface area contributed by atoms with Crippen molar-refractivity contribution in [2.24, 2.45) is 5.73 Å². The molecule has 0 aliphatic heterocycles. The van der Waals surface area contributed by atoms with Crippen LogP contribution in [-0.2, 0) is 27.4 Å². The number of rotatable bonds is 9. The third-order valence-corrected chi connectivity index (χ3v) is 3.71. The van der Waals surface area contributed by atoms with Crippen molar-refractivity contribution in [2.45, 2.75) is 25.1 Å². The molecule has 28 heavy (non-hydrogen) atoms. The van der Waals surface area contributed by atoms with Gasteiger partial charge in [-0.25, -0.2) is 19.5 Å². The van der Waals surface area contributed by atoms with Gasteiger partial charge in [0.25, 0.3) is 0 Å². The van der Waals surface area contributed by atoms with Gasteiger partial charge in [-0.05, 0) is 5.56 Å². The number of carbonyl (C=O) groups is 3. The maximum Gasteiger partial charge on any atom is 0.408 e. The lowest BCUT2D eigenvalue weighted by atomic mass is 10.1. The number of nitrogens with two attached hydrogens (primary N) is 1. The normalized spacial score (nSPS) is 12.6. The Morgan fingerprint density at radius 2 is 1.96 bits per heavy atom. The Kier molecular flexibility index (Phi) is 7.34. The molecule has 0 bridgehead atoms. The molecule has 0 aliphatic rings. The molecule has 2 amide bonds. The maximum atomic E-state index is 12.0. The second-order valence-electron chi connectivity index (χ2n) is 5.83. The molecule has 1 aromatic heterocycles. The van der Waals surface area contributed by atoms with Crippen molar-refractivity contribution in [3.8, 4) is 0 Å². The quantitative estimate of drug-likeness (QED) is 0.373. The van der Waals surface area contributed by atoms with E-state index >= 15 is 0 Å². The van der Waals surface area contributed by atoms with Gasteiger partial charge in [-0.2, -0.15) is 0 Å². The third kappa shape index (κ3) is 6.29. The van der Waals surface area contributed by atoms with E-state index < -0.39 is 42.2 Å². The summed E-state index contributed by atoms with van der Waals surface area (Å²) < 4.78 is 9.41. The minimum absolute atomic E-state index is 0.0322. The van der Waals surface area contributed by atoms with Crippen LogP contribution in [0.4, 0.5) is 4.79 Å². The predicted molar refractivity (Wildman–Crippen MR) is 95.2 cm³/mol. The fraction of sp³-hybridized carbons (Fsp3) is 0.294. The van der Waals surface area contributed by atoms with Gasteiger partial charge >= 0.3 is 17.7 Å². The van der Waals surface area contributed by atoms with Crippen LogP contribution >= 0.6 is 0 Å². The Morgan fingerprint density at radius 1 is 1.25 bits per heavy atom. The Morgan fingerprint density at radius 3 is 2.57 bits per heavy atom. The second kappa shape index (κ2) is 9.92. The first-order chi connectivity index (χ1) is 13.4. The van der Waals surface area contributed by atoms with E-state index in [0.717, 1.165) is 5.56 Å². The van der Waals surface area contributed by atoms with Crippen LogP contribution in [0.1, 0.15) is 11.1 Å². The molecule has 2 aromatic rings. The molecular weight excluding hydrogens is 372 g/mol. The summed E-state index contributed by atoms with van der Waals surface area (Å²) in [6.45, 7) is -0.445. The molecule has 1 heterocycles. The number of aromatic amines is 1. The number of amides is 2. The average Bonchev–Trinajstić information content (AvgIpc) is 3.08. The number of carbonyl (C=O) groups excluding carboxylic acids is 2. The highest BCUT2D eigenvalue weighted by Gasteiger charge is 2.23. The highest BCUT2D eigenvalue weighted by molar-refractivity contribution is 5.84. The van der Waals surface area contributed by atoms with Gasteiger partial charge in [0.15, 0.2) is 0 Å². The molecule has 2 rings (SSSR count). The van der Waals surface area contributed by atoms with Gasteiger partial charge < -0.3 is 30.7 Å². The number of nitrogens with one attached hydrogen (secondary N) is 3. The first-order valence-corrected chi connectivity index (χ1v) is 8.26. The Bertz CT molecular complexity index is 862. The molecular formula is C17H20N4O7. The van der Waals surface area contributed by atoms with Gasteiger partial charge in [-0.1, -0.05) is 30.3 Å². The fourth-order valence-corrected chi connectivity index (χ4v) is 2.19. The van der Waals surface area contributed by atoms with Crippen molar-refractivity contribution in [1.82, 2.24) is 15.8 Å². The molecule has 11 heteroatoms. The standard InChI is InChI=1S/C17H20N4O7/c18-12(6-11-7-20-28-16(11)25)14(22)19-8-13(15(23)24)21-17(26)27-9-10-4-2-1-3-5-10/h1-5,7,12-13,20H,6,8-9,18H2,(H,19,22)(H,21,26)(H,23,24)/t12-,13-/m0/s1. The highest BCUT2D eigenvalue weighted by Crippen LogP contribution is 2.01. The molecule has 2 atom stereocenters. The summed E-state index contributed by atoms with van der Waals surface area (Å²) >= 11 is 0. The molecule has 6 N–H and O–H groups in total. The molecule has 0 radical (unpaired) electrons. The van der Waals surface area contributed by atoms with Crippen molar-refractivity contribution < 1.29 is 28.8 Å². The van der Waals surface area contributed by atoms with Crippen LogP contribution in [0.15, 0.2) is 45.8 Å². The zero-order valence-electron chi connectivity index (χ0n) is 14.7. The van der Waals surface area contributed by atoms with Crippen LogP contribution in [-0.4, -0.2) is 46.9 Å². The van der Waals surface area contributed by atoms with E-state index in [1.807, 2.05) is 0 Å². The SMILES string of the molecule is N[C@@H](Cc1c[nH]oc1=O)C(=O)NC[C@H](NC(=O)OCc1ccccc1)C(=O)O. The summed E-state index contributed by atoms with van der Waals surface area (Å²) in [6.07, 6.45) is 0.238. The lowest BCUT2D eigenvalue weighted by molar-refractivity contribution is -0.139. The Balaban J connectivity index is 1.80. The topological polar surface area (TPSA) is 177 Å². The van der Waals surface area contributed by atoms with E-state index in [2.05, 4.69) is 20.3 Å². The number of hydrogen-bond acceptors (Lipinski definition) is 7. The summed E-state index contributed by atoms with van der Waals surface area (Å²) in [7, 11) is 0. The molecule has 150 valence electrons. The van der Waals surface area contributed by atoms with Gasteiger partial charge in [0.2, 0.25) is 5.91 Å². The summed E-state index contributed by atoms with van der Waals surface area (Å²) in [5, 5.41) is 15.9. The molecule has 0 saturated carbocycles. The smallest absolute Gasteiger partial charge is 0.408 e. The average molecular weight is 392 g/mol. The van der Waals surface area contributed by atoms with Crippen molar-refractivity contribution in [3.63, 3.8) is 0 Å². The molecule has 0 fully saturated rings. The van der Waals surface area contributed by atoms with Crippen LogP contribution in [0.5, 0.6) is 0 Å². The zero-order chi connectivity index (χ0) is 20.5. The van der Waals surface area contributed by atoms with E-state index in [9.17, 15) is 24.3 Å². The lowest BCUT2D eigenvalue weighted by Gasteiger charge is -2.17. The predicted octanol–water partition coefficient (Wildman–Crippen LogP) is -0.666. The number of benzene rings is 1. The zero-order valence-corrected chi connectivity index (χ0v) is 14.7. The van der Waals surface area contributed by atoms with Crippen molar-refractivity contribution in [1.29, 1.82) is 0 Å². The van der Waals surface area contributed by atoms with E-state index in [0.29, 0.717) is 0 Å². The minimum atomic E-state index is -1.42. The minimum Gasteiger partial charge on any atom is -0.480 e. The number of H-pyrrole nitrogens is 1. The number of aliphatic carboxylic acids is 1. The maximum absolute atomic E-state index is 12.0. The van der Waals surface area contributed by atoms with Crippen LogP contribution in [0, 0.1) is 0 Å². The third-order valence-electron chi connectivity index (χ3n) is 3.71. The molecule has 0 aliphatic carbocycles. The number of aromatic nitrogens is 1. The Labute approximate surface area is 158 Å². The summed E-state index contributed by atoms with van der Waals surface area (Å²) in [6, 6.07) is 6.32. The van der Waals surface area contributed by atoms with E-state index in [-0.39, 0.29) is 18.6 Å². The van der Waals surface area contributed by atoms with Gasteiger partial charge in [-0.15, -0.1) is 0 Å². The monoisotopic (exact) mass is 392 g/mol. The number of hydrogen-bond donors (Lipinski definition) is 5. The van der Waals surface area contributed by atoms with E-state index in [4.69, 9.17) is 10.5 Å². The van der Waals surface area contributed by atoms with Gasteiger partial charge in [0, 0.05) is 19.2 Å². The van der Waals surface area contributed by atoms with Crippen LogP contribution < -0.4 is 22.0 Å². The number of alkyl carbamates (subject to hydrolysis) is 1. The van der Waals surface area contributed by atoms with Crippen molar-refractivity contribution >= 4 is 18.0 Å². The van der Waals surface area contributed by atoms with Crippen molar-refractivity contribution in [3.05, 3.63) is 58.1 Å². The van der Waals surface area contributed by atoms with E-state index in [1.165, 1.54) is 6.20 Å². The largest absolute Gasteiger partial charge is 0.480 e. The lowest BCUT2D eigenvalue weighted by Crippen LogP contribution is -2.51. The molecule has 0 saturated heterocycles. The Hall–Kier alpha value is -3.60. The van der Waals surface area contributed by atoms with Gasteiger partial charge in [0.05, 0.1) is 11.6 Å². The molecule has 1 aromatic carbocycles. The summed E-state index contributed by atoms with van der Waals surface area (Å²) in [4.78, 5) is 46.3. The number of carboxylic acids is 1. The highest BCUT2D eigenvalue weighted by atomic mass is 16.5. The van der Waals surface area contributed by atoms with E-state index in [1.54, 1.807) is 30.3 Å². The fourth-order valence-electron chi connectivity index (χ4n) is 2.19. The van der Waals surface area contributed by atoms with Crippen LogP contribution in [0.25, 0.3) is 0 Å². The molecule has 0 unspecified atom stereocenters. The first kappa shape index (κ1) is 20.7.